The van der Waals surface area contributed by atoms with E-state index in [0.29, 0.717) is 39.6 Å². The molecule has 0 aliphatic carbocycles. The first-order valence-electron chi connectivity index (χ1n) is 49.2. The normalized spacial score (nSPS) is 12.7. The first kappa shape index (κ1) is 107. The minimum absolute atomic E-state index is 0.00920. The van der Waals surface area contributed by atoms with Crippen LogP contribution in [0.15, 0.2) is 36.4 Å². The van der Waals surface area contributed by atoms with Crippen molar-refractivity contribution in [2.45, 2.75) is 513 Å². The average Bonchev–Trinajstić information content (AvgIpc) is 0.762. The third-order valence-corrected chi connectivity index (χ3v) is 27.0. The lowest BCUT2D eigenvalue weighted by atomic mass is 9.74. The van der Waals surface area contributed by atoms with Gasteiger partial charge in [-0.25, -0.2) is 0 Å². The van der Waals surface area contributed by atoms with E-state index in [-0.39, 0.29) is 28.1 Å². The maximum Gasteiger partial charge on any atom is 0.397 e. The van der Waals surface area contributed by atoms with Crippen molar-refractivity contribution in [1.82, 2.24) is 0 Å². The highest BCUT2D eigenvalue weighted by molar-refractivity contribution is 7.42. The second-order valence-corrected chi connectivity index (χ2v) is 41.4. The predicted molar refractivity (Wildman–Crippen MR) is 506 cm³/mol. The van der Waals surface area contributed by atoms with Crippen LogP contribution in [-0.2, 0) is 43.4 Å². The second kappa shape index (κ2) is 67.6. The first-order chi connectivity index (χ1) is 55.5. The van der Waals surface area contributed by atoms with Crippen molar-refractivity contribution in [3.8, 4) is 17.2 Å². The van der Waals surface area contributed by atoms with Crippen molar-refractivity contribution < 1.29 is 40.7 Å². The third kappa shape index (κ3) is 50.5. The summed E-state index contributed by atoms with van der Waals surface area (Å²) in [6.07, 6.45) is 69.4. The quantitative estimate of drug-likeness (QED) is 0.0405. The van der Waals surface area contributed by atoms with Crippen LogP contribution in [0.5, 0.6) is 17.2 Å². The summed E-state index contributed by atoms with van der Waals surface area (Å²) in [5, 5.41) is 0. The van der Waals surface area contributed by atoms with Gasteiger partial charge in [0.15, 0.2) is 0 Å². The molecule has 0 saturated carbocycles. The van der Waals surface area contributed by atoms with Crippen LogP contribution in [-0.4, -0.2) is 39.6 Å². The lowest BCUT2D eigenvalue weighted by Crippen LogP contribution is -2.19. The van der Waals surface area contributed by atoms with E-state index < -0.39 is 25.8 Å². The van der Waals surface area contributed by atoms with Crippen molar-refractivity contribution in [1.29, 1.82) is 0 Å². The molecule has 0 N–H and O–H groups in total. The zero-order chi connectivity index (χ0) is 84.1. The Labute approximate surface area is 718 Å². The van der Waals surface area contributed by atoms with Gasteiger partial charge in [0, 0.05) is 22.6 Å². The minimum atomic E-state index is -1.65. The topological polar surface area (TPSA) is 83.1 Å². The standard InChI is InChI=1S/C103H187O9P3/c1-20-26-32-38-44-50-56-62-68-74-104-113(105-75-69-63-57-51-45-39-33-27-21-2)110-98-81-88(8)91(84-95(98)101(11,12)13)87(7)80-94(92-85-96(102(14,15)16)99(82-89(92)9)111-114(106-76-70-64-58-52-46-40-34-28-22-3)107-77-71-65-59-53-47-41-35-29-23-4)93-86-97(103(17,18)19)100(83-90(93)10)112-115(108-78-72-66-60-54-48-42-36-30-24-5)109-79-73-67-61-55-49-43-37-31-25-6/h81-87,94H,20-80H2,1-19H3. The monoisotopic (exact) mass is 1660 g/mol. The Morgan fingerprint density at radius 1 is 0.235 bits per heavy atom. The van der Waals surface area contributed by atoms with Gasteiger partial charge < -0.3 is 40.7 Å². The summed E-state index contributed by atoms with van der Waals surface area (Å²) in [4.78, 5) is 0. The summed E-state index contributed by atoms with van der Waals surface area (Å²) in [6, 6.07) is 14.5. The average molecular weight is 1660 g/mol. The molecule has 0 amide bonds. The number of benzene rings is 3. The summed E-state index contributed by atoms with van der Waals surface area (Å²) < 4.78 is 62.3. The fourth-order valence-electron chi connectivity index (χ4n) is 16.1. The summed E-state index contributed by atoms with van der Waals surface area (Å²) in [5.74, 6) is 2.76. The molecule has 0 radical (unpaired) electrons. The Morgan fingerprint density at radius 3 is 0.583 bits per heavy atom. The smallest absolute Gasteiger partial charge is 0.397 e. The molecule has 3 aromatic carbocycles. The fourth-order valence-corrected chi connectivity index (χ4v) is 19.2. The summed E-state index contributed by atoms with van der Waals surface area (Å²) in [5.41, 5.74) is 10.4. The molecular weight excluding hydrogens is 1470 g/mol. The summed E-state index contributed by atoms with van der Waals surface area (Å²) in [7, 11) is -4.92. The molecular formula is C103H187O9P3. The van der Waals surface area contributed by atoms with Crippen LogP contribution in [0.4, 0.5) is 0 Å². The van der Waals surface area contributed by atoms with Crippen molar-refractivity contribution in [3.63, 3.8) is 0 Å². The SMILES string of the molecule is CCCCCCCCCCCOP(OCCCCCCCCCCC)Oc1cc(C)c(C(C)CC(c2cc(C(C)(C)C)c(OP(OCCCCCCCCCCC)OCCCCCCCCCCC)cc2C)c2cc(C(C)(C)C)c(OP(OCCCCCCCCCCC)OCCCCCCCCCCC)cc2C)cc1C(C)(C)C. The largest absolute Gasteiger partial charge is 0.426 e. The molecule has 668 valence electrons. The fraction of sp³-hybridized carbons (Fsp3) is 0.825. The van der Waals surface area contributed by atoms with Gasteiger partial charge in [-0.05, 0) is 139 Å². The third-order valence-electron chi connectivity index (χ3n) is 23.6. The van der Waals surface area contributed by atoms with Crippen LogP contribution in [0, 0.1) is 20.8 Å². The molecule has 115 heavy (non-hydrogen) atoms. The highest BCUT2D eigenvalue weighted by atomic mass is 31.2. The number of unbranched alkanes of at least 4 members (excludes halogenated alkanes) is 48. The van der Waals surface area contributed by atoms with Gasteiger partial charge in [0.2, 0.25) is 0 Å². The van der Waals surface area contributed by atoms with E-state index in [2.05, 4.69) is 168 Å². The Morgan fingerprint density at radius 2 is 0.400 bits per heavy atom. The molecule has 0 aliphatic heterocycles. The Hall–Kier alpha value is -1.89. The molecule has 1 unspecified atom stereocenters. The lowest BCUT2D eigenvalue weighted by molar-refractivity contribution is 0.197. The Kier molecular flexibility index (Phi) is 63.0. The molecule has 0 saturated heterocycles. The van der Waals surface area contributed by atoms with Gasteiger partial charge in [-0.2, -0.15) is 0 Å². The molecule has 0 heterocycles. The summed E-state index contributed by atoms with van der Waals surface area (Å²) >= 11 is 0. The van der Waals surface area contributed by atoms with E-state index in [1.807, 2.05) is 0 Å². The molecule has 0 bridgehead atoms. The van der Waals surface area contributed by atoms with E-state index >= 15 is 0 Å². The van der Waals surface area contributed by atoms with E-state index in [9.17, 15) is 0 Å². The van der Waals surface area contributed by atoms with Crippen LogP contribution >= 0.6 is 25.8 Å². The number of hydrogen-bond donors (Lipinski definition) is 0. The molecule has 0 spiro atoms. The molecule has 0 aliphatic rings. The van der Waals surface area contributed by atoms with E-state index in [0.717, 1.165) is 62.2 Å². The molecule has 3 aromatic rings. The van der Waals surface area contributed by atoms with Gasteiger partial charge in [0.25, 0.3) is 0 Å². The molecule has 1 atom stereocenters. The van der Waals surface area contributed by atoms with E-state index in [4.69, 9.17) is 40.7 Å². The van der Waals surface area contributed by atoms with Crippen molar-refractivity contribution >= 4 is 25.8 Å². The Bertz CT molecular complexity index is 2590. The van der Waals surface area contributed by atoms with Gasteiger partial charge in [-0.3, -0.25) is 0 Å². The van der Waals surface area contributed by atoms with Crippen molar-refractivity contribution in [2.75, 3.05) is 39.6 Å². The lowest BCUT2D eigenvalue weighted by Gasteiger charge is -2.33. The van der Waals surface area contributed by atoms with Crippen LogP contribution in [0.3, 0.4) is 0 Å². The van der Waals surface area contributed by atoms with Crippen LogP contribution in [0.2, 0.25) is 0 Å². The number of aryl methyl sites for hydroxylation is 3. The maximum atomic E-state index is 7.25. The van der Waals surface area contributed by atoms with E-state index in [1.165, 1.54) is 358 Å². The zero-order valence-corrected chi connectivity index (χ0v) is 82.0. The molecule has 0 aromatic heterocycles. The van der Waals surface area contributed by atoms with Crippen LogP contribution < -0.4 is 13.6 Å². The molecule has 0 fully saturated rings. The molecule has 12 heteroatoms. The zero-order valence-electron chi connectivity index (χ0n) is 79.3. The molecule has 3 rings (SSSR count). The summed E-state index contributed by atoms with van der Waals surface area (Å²) in [6.45, 7) is 48.2. The predicted octanol–water partition coefficient (Wildman–Crippen LogP) is 36.9. The van der Waals surface area contributed by atoms with Crippen molar-refractivity contribution in [2.24, 2.45) is 0 Å². The second-order valence-electron chi connectivity index (χ2n) is 38.0. The highest BCUT2D eigenvalue weighted by Crippen LogP contribution is 2.52. The minimum Gasteiger partial charge on any atom is -0.426 e. The first-order valence-corrected chi connectivity index (χ1v) is 52.5. The highest BCUT2D eigenvalue weighted by Gasteiger charge is 2.34. The van der Waals surface area contributed by atoms with Gasteiger partial charge in [-0.1, -0.05) is 437 Å². The van der Waals surface area contributed by atoms with Gasteiger partial charge in [0.1, 0.15) is 17.2 Å². The van der Waals surface area contributed by atoms with Gasteiger partial charge in [0.05, 0.1) is 39.6 Å². The van der Waals surface area contributed by atoms with Gasteiger partial charge in [-0.15, -0.1) is 0 Å². The van der Waals surface area contributed by atoms with Crippen LogP contribution in [0.1, 0.15) is 526 Å². The van der Waals surface area contributed by atoms with Crippen LogP contribution in [0.25, 0.3) is 0 Å². The number of hydrogen-bond acceptors (Lipinski definition) is 9. The van der Waals surface area contributed by atoms with E-state index in [1.54, 1.807) is 0 Å². The Balaban J connectivity index is 2.25. The van der Waals surface area contributed by atoms with Gasteiger partial charge >= 0.3 is 25.8 Å². The number of rotatable bonds is 77. The van der Waals surface area contributed by atoms with Crippen molar-refractivity contribution in [3.05, 3.63) is 86.5 Å². The maximum absolute atomic E-state index is 7.25. The molecule has 9 nitrogen and oxygen atoms in total.